The number of carbonyl (C=O) groups excluding carboxylic acids is 2. The molecule has 0 aromatic heterocycles. The van der Waals surface area contributed by atoms with Crippen LogP contribution in [0.15, 0.2) is 54.6 Å². The Bertz CT molecular complexity index is 708. The number of rotatable bonds is 2. The van der Waals surface area contributed by atoms with Crippen LogP contribution in [-0.4, -0.2) is 19.0 Å². The van der Waals surface area contributed by atoms with Gasteiger partial charge >= 0.3 is 11.9 Å². The van der Waals surface area contributed by atoms with Crippen molar-refractivity contribution < 1.29 is 19.1 Å². The Morgan fingerprint density at radius 3 is 2.33 bits per heavy atom. The Hall–Kier alpha value is -3.06. The van der Waals surface area contributed by atoms with Gasteiger partial charge in [-0.2, -0.15) is 0 Å². The first-order valence-corrected chi connectivity index (χ1v) is 6.17. The molecule has 0 amide bonds. The molecule has 0 aliphatic carbocycles. The van der Waals surface area contributed by atoms with Gasteiger partial charge in [-0.15, -0.1) is 0 Å². The average molecular weight is 280 g/mol. The number of esters is 2. The monoisotopic (exact) mass is 280 g/mol. The second kappa shape index (κ2) is 6.92. The van der Waals surface area contributed by atoms with Gasteiger partial charge in [0.25, 0.3) is 0 Å². The van der Waals surface area contributed by atoms with E-state index in [4.69, 9.17) is 4.74 Å². The molecule has 0 heterocycles. The molecule has 0 atom stereocenters. The lowest BCUT2D eigenvalue weighted by Crippen LogP contribution is -2.09. The van der Waals surface area contributed by atoms with Crippen molar-refractivity contribution in [1.29, 1.82) is 0 Å². The maximum atomic E-state index is 12.0. The van der Waals surface area contributed by atoms with Gasteiger partial charge < -0.3 is 9.47 Å². The summed E-state index contributed by atoms with van der Waals surface area (Å²) in [6, 6.07) is 15.4. The summed E-state index contributed by atoms with van der Waals surface area (Å²) in [4.78, 5) is 23.0. The molecular weight excluding hydrogens is 268 g/mol. The molecule has 2 rings (SSSR count). The van der Waals surface area contributed by atoms with E-state index < -0.39 is 11.9 Å². The Morgan fingerprint density at radius 2 is 1.62 bits per heavy atom. The van der Waals surface area contributed by atoms with Crippen LogP contribution in [0.1, 0.15) is 15.9 Å². The number of methoxy groups -OCH3 is 1. The highest BCUT2D eigenvalue weighted by Gasteiger charge is 2.10. The Balaban J connectivity index is 2.22. The minimum Gasteiger partial charge on any atom is -0.459 e. The predicted octanol–water partition coefficient (Wildman–Crippen LogP) is 2.43. The van der Waals surface area contributed by atoms with Gasteiger partial charge in [-0.05, 0) is 24.3 Å². The van der Waals surface area contributed by atoms with E-state index in [1.54, 1.807) is 48.5 Å². The predicted molar refractivity (Wildman–Crippen MR) is 76.7 cm³/mol. The first-order valence-electron chi connectivity index (χ1n) is 6.17. The largest absolute Gasteiger partial charge is 0.459 e. The molecule has 4 nitrogen and oxygen atoms in total. The van der Waals surface area contributed by atoms with Crippen molar-refractivity contribution in [3.63, 3.8) is 0 Å². The molecule has 0 saturated heterocycles. The van der Waals surface area contributed by atoms with Gasteiger partial charge in [0.15, 0.2) is 0 Å². The maximum Gasteiger partial charge on any atom is 0.384 e. The molecule has 0 aliphatic heterocycles. The van der Waals surface area contributed by atoms with Crippen molar-refractivity contribution in [2.45, 2.75) is 0 Å². The zero-order chi connectivity index (χ0) is 15.1. The topological polar surface area (TPSA) is 52.6 Å². The lowest BCUT2D eigenvalue weighted by Gasteiger charge is -2.06. The first-order chi connectivity index (χ1) is 10.2. The van der Waals surface area contributed by atoms with E-state index in [0.29, 0.717) is 16.9 Å². The van der Waals surface area contributed by atoms with Crippen LogP contribution in [-0.2, 0) is 9.53 Å². The van der Waals surface area contributed by atoms with Gasteiger partial charge in [-0.1, -0.05) is 36.3 Å². The number of hydrogen-bond donors (Lipinski definition) is 0. The van der Waals surface area contributed by atoms with Crippen molar-refractivity contribution in [2.75, 3.05) is 7.11 Å². The first kappa shape index (κ1) is 14.4. The molecule has 21 heavy (non-hydrogen) atoms. The van der Waals surface area contributed by atoms with Gasteiger partial charge in [-0.25, -0.2) is 9.59 Å². The molecule has 0 radical (unpaired) electrons. The minimum atomic E-state index is -0.654. The van der Waals surface area contributed by atoms with Gasteiger partial charge in [0, 0.05) is 5.92 Å². The molecule has 104 valence electrons. The zero-order valence-corrected chi connectivity index (χ0v) is 11.3. The minimum absolute atomic E-state index is 0.294. The molecule has 0 aliphatic rings. The smallest absolute Gasteiger partial charge is 0.384 e. The van der Waals surface area contributed by atoms with Crippen LogP contribution in [0.5, 0.6) is 5.75 Å². The molecule has 0 bridgehead atoms. The number of benzene rings is 2. The molecule has 0 fully saturated rings. The van der Waals surface area contributed by atoms with E-state index in [1.807, 2.05) is 6.07 Å². The van der Waals surface area contributed by atoms with Gasteiger partial charge in [-0.3, -0.25) is 0 Å². The summed E-state index contributed by atoms with van der Waals surface area (Å²) >= 11 is 0. The van der Waals surface area contributed by atoms with E-state index in [1.165, 1.54) is 7.11 Å². The molecule has 2 aromatic carbocycles. The quantitative estimate of drug-likeness (QED) is 0.481. The number of para-hydroxylation sites is 1. The van der Waals surface area contributed by atoms with Gasteiger partial charge in [0.1, 0.15) is 5.75 Å². The highest BCUT2D eigenvalue weighted by Crippen LogP contribution is 2.18. The molecule has 0 unspecified atom stereocenters. The number of carbonyl (C=O) groups is 2. The number of hydrogen-bond acceptors (Lipinski definition) is 4. The van der Waals surface area contributed by atoms with Crippen LogP contribution in [0.4, 0.5) is 0 Å². The second-order valence-electron chi connectivity index (χ2n) is 3.99. The SMILES string of the molecule is COC(=O)C#Cc1ccccc1OC(=O)c1ccccc1. The van der Waals surface area contributed by atoms with Crippen molar-refractivity contribution in [2.24, 2.45) is 0 Å². The zero-order valence-electron chi connectivity index (χ0n) is 11.3. The van der Waals surface area contributed by atoms with Crippen LogP contribution >= 0.6 is 0 Å². The molecule has 0 N–H and O–H groups in total. The fourth-order valence-electron chi connectivity index (χ4n) is 1.56. The highest BCUT2D eigenvalue weighted by molar-refractivity contribution is 5.92. The third-order valence-electron chi connectivity index (χ3n) is 2.58. The van der Waals surface area contributed by atoms with E-state index in [-0.39, 0.29) is 0 Å². The maximum absolute atomic E-state index is 12.0. The summed E-state index contributed by atoms with van der Waals surface area (Å²) in [6.45, 7) is 0. The van der Waals surface area contributed by atoms with Crippen LogP contribution in [0, 0.1) is 11.8 Å². The summed E-state index contributed by atoms with van der Waals surface area (Å²) < 4.78 is 9.75. The third kappa shape index (κ3) is 3.95. The van der Waals surface area contributed by atoms with E-state index in [9.17, 15) is 9.59 Å². The van der Waals surface area contributed by atoms with Crippen molar-refractivity contribution in [3.8, 4) is 17.6 Å². The van der Waals surface area contributed by atoms with E-state index >= 15 is 0 Å². The normalized spacial score (nSPS) is 9.19. The summed E-state index contributed by atoms with van der Waals surface area (Å²) in [5.74, 6) is 4.08. The van der Waals surface area contributed by atoms with E-state index in [0.717, 1.165) is 0 Å². The summed E-state index contributed by atoms with van der Waals surface area (Å²) in [5.41, 5.74) is 0.875. The summed E-state index contributed by atoms with van der Waals surface area (Å²) in [7, 11) is 1.25. The highest BCUT2D eigenvalue weighted by atomic mass is 16.5. The summed E-state index contributed by atoms with van der Waals surface area (Å²) in [6.07, 6.45) is 0. The third-order valence-corrected chi connectivity index (χ3v) is 2.58. The summed E-state index contributed by atoms with van der Waals surface area (Å²) in [5, 5.41) is 0. The molecular formula is C17H12O4. The molecule has 0 spiro atoms. The standard InChI is InChI=1S/C17H12O4/c1-20-16(18)12-11-13-7-5-6-10-15(13)21-17(19)14-8-3-2-4-9-14/h2-10H,1H3. The average Bonchev–Trinajstić information content (AvgIpc) is 2.54. The van der Waals surface area contributed by atoms with Gasteiger partial charge in [0.2, 0.25) is 0 Å². The second-order valence-corrected chi connectivity index (χ2v) is 3.99. The Morgan fingerprint density at radius 1 is 0.952 bits per heavy atom. The van der Waals surface area contributed by atoms with E-state index in [2.05, 4.69) is 16.6 Å². The lowest BCUT2D eigenvalue weighted by molar-refractivity contribution is -0.133. The van der Waals surface area contributed by atoms with Gasteiger partial charge in [0.05, 0.1) is 18.2 Å². The van der Waals surface area contributed by atoms with Crippen LogP contribution < -0.4 is 4.74 Å². The molecule has 4 heteroatoms. The van der Waals surface area contributed by atoms with Crippen LogP contribution in [0.25, 0.3) is 0 Å². The van der Waals surface area contributed by atoms with Crippen molar-refractivity contribution in [3.05, 3.63) is 65.7 Å². The Labute approximate surface area is 122 Å². The Kier molecular flexibility index (Phi) is 4.73. The van der Waals surface area contributed by atoms with Crippen molar-refractivity contribution >= 4 is 11.9 Å². The lowest BCUT2D eigenvalue weighted by atomic mass is 10.2. The van der Waals surface area contributed by atoms with Crippen molar-refractivity contribution in [1.82, 2.24) is 0 Å². The molecule has 2 aromatic rings. The fourth-order valence-corrected chi connectivity index (χ4v) is 1.56. The molecule has 0 saturated carbocycles. The van der Waals surface area contributed by atoms with Crippen LogP contribution in [0.3, 0.4) is 0 Å². The number of ether oxygens (including phenoxy) is 2. The van der Waals surface area contributed by atoms with Crippen LogP contribution in [0.2, 0.25) is 0 Å². The fraction of sp³-hybridized carbons (Fsp3) is 0.0588.